The van der Waals surface area contributed by atoms with Crippen molar-refractivity contribution in [3.8, 4) is 0 Å². The molecule has 1 heterocycles. The van der Waals surface area contributed by atoms with Crippen LogP contribution in [0.3, 0.4) is 0 Å². The average Bonchev–Trinajstić information content (AvgIpc) is 2.43. The summed E-state index contributed by atoms with van der Waals surface area (Å²) >= 11 is 0. The maximum Gasteiger partial charge on any atom is 0.320 e. The van der Waals surface area contributed by atoms with Gasteiger partial charge in [0.25, 0.3) is 0 Å². The van der Waals surface area contributed by atoms with Crippen LogP contribution < -0.4 is 5.73 Å². The monoisotopic (exact) mass is 256 g/mol. The molecule has 1 atom stereocenters. The number of rotatable bonds is 4. The Morgan fingerprint density at radius 3 is 2.56 bits per heavy atom. The number of piperidine rings is 1. The maximum absolute atomic E-state index is 12.3. The first kappa shape index (κ1) is 14.6. The molecule has 0 aromatic carbocycles. The van der Waals surface area contributed by atoms with Crippen molar-refractivity contribution in [1.82, 2.24) is 9.80 Å². The predicted molar refractivity (Wildman–Crippen MR) is 70.6 cm³/mol. The lowest BCUT2D eigenvalue weighted by Crippen LogP contribution is -2.47. The van der Waals surface area contributed by atoms with Gasteiger partial charge >= 0.3 is 6.03 Å². The van der Waals surface area contributed by atoms with Crippen LogP contribution in [0.2, 0.25) is 0 Å². The third-order valence-corrected chi connectivity index (χ3v) is 3.39. The van der Waals surface area contributed by atoms with Crippen LogP contribution in [0.4, 0.5) is 4.79 Å². The number of amides is 2. The Kier molecular flexibility index (Phi) is 5.74. The van der Waals surface area contributed by atoms with Crippen LogP contribution in [-0.4, -0.2) is 53.1 Å². The van der Waals surface area contributed by atoms with Crippen LogP contribution in [-0.2, 0) is 0 Å². The number of hydrogen-bond acceptors (Lipinski definition) is 3. The first-order chi connectivity index (χ1) is 8.60. The Labute approximate surface area is 108 Å². The Balaban J connectivity index is 2.56. The molecule has 18 heavy (non-hydrogen) atoms. The molecule has 1 aliphatic heterocycles. The number of nitrogens with two attached hydrogens (primary N) is 1. The van der Waals surface area contributed by atoms with Gasteiger partial charge in [0.05, 0.1) is 0 Å². The number of nitrogens with zero attached hydrogens (tertiary/aromatic N) is 3. The smallest absolute Gasteiger partial charge is 0.320 e. The number of likely N-dealkylation sites (tertiary alicyclic amines) is 1. The summed E-state index contributed by atoms with van der Waals surface area (Å²) in [6, 6.07) is 0.0646. The maximum atomic E-state index is 12.3. The van der Waals surface area contributed by atoms with E-state index in [-0.39, 0.29) is 17.8 Å². The second-order valence-corrected chi connectivity index (χ2v) is 4.79. The van der Waals surface area contributed by atoms with E-state index >= 15 is 0 Å². The Morgan fingerprint density at radius 1 is 1.44 bits per heavy atom. The SMILES string of the molecule is CCN(CC(C)C(N)=NO)C(=O)N1CCCCC1. The quantitative estimate of drug-likeness (QED) is 0.344. The van der Waals surface area contributed by atoms with Gasteiger partial charge in [-0.1, -0.05) is 12.1 Å². The van der Waals surface area contributed by atoms with Crippen molar-refractivity contribution in [3.63, 3.8) is 0 Å². The normalized spacial score (nSPS) is 18.6. The van der Waals surface area contributed by atoms with Crippen LogP contribution in [0, 0.1) is 5.92 Å². The van der Waals surface area contributed by atoms with Gasteiger partial charge in [0.1, 0.15) is 5.84 Å². The largest absolute Gasteiger partial charge is 0.409 e. The van der Waals surface area contributed by atoms with Crippen molar-refractivity contribution in [2.24, 2.45) is 16.8 Å². The molecular weight excluding hydrogens is 232 g/mol. The van der Waals surface area contributed by atoms with Gasteiger partial charge in [-0.2, -0.15) is 0 Å². The summed E-state index contributed by atoms with van der Waals surface area (Å²) in [5.41, 5.74) is 5.55. The van der Waals surface area contributed by atoms with E-state index in [1.54, 1.807) is 4.90 Å². The summed E-state index contributed by atoms with van der Waals surface area (Å²) in [4.78, 5) is 15.9. The van der Waals surface area contributed by atoms with E-state index in [4.69, 9.17) is 10.9 Å². The second-order valence-electron chi connectivity index (χ2n) is 4.79. The van der Waals surface area contributed by atoms with Crippen LogP contribution in [0.5, 0.6) is 0 Å². The average molecular weight is 256 g/mol. The molecule has 3 N–H and O–H groups in total. The lowest BCUT2D eigenvalue weighted by molar-refractivity contribution is 0.143. The number of carbonyl (C=O) groups is 1. The van der Waals surface area contributed by atoms with Gasteiger partial charge in [0.15, 0.2) is 0 Å². The van der Waals surface area contributed by atoms with E-state index in [0.29, 0.717) is 13.1 Å². The van der Waals surface area contributed by atoms with Gasteiger partial charge in [0, 0.05) is 32.1 Å². The molecule has 2 amide bonds. The van der Waals surface area contributed by atoms with Crippen molar-refractivity contribution in [2.45, 2.75) is 33.1 Å². The molecule has 0 aromatic heterocycles. The summed E-state index contributed by atoms with van der Waals surface area (Å²) in [6.07, 6.45) is 3.37. The molecule has 6 heteroatoms. The van der Waals surface area contributed by atoms with Crippen LogP contribution >= 0.6 is 0 Å². The van der Waals surface area contributed by atoms with E-state index < -0.39 is 0 Å². The molecule has 0 aromatic rings. The fourth-order valence-electron chi connectivity index (χ4n) is 2.15. The molecule has 0 spiro atoms. The lowest BCUT2D eigenvalue weighted by atomic mass is 10.1. The van der Waals surface area contributed by atoms with Crippen molar-refractivity contribution in [3.05, 3.63) is 0 Å². The number of hydrogen-bond donors (Lipinski definition) is 2. The van der Waals surface area contributed by atoms with E-state index in [1.807, 2.05) is 18.7 Å². The van der Waals surface area contributed by atoms with E-state index in [9.17, 15) is 4.79 Å². The standard InChI is InChI=1S/C12H24N4O2/c1-3-15(9-10(2)11(13)14-18)12(17)16-7-5-4-6-8-16/h10,18H,3-9H2,1-2H3,(H2,13,14). The first-order valence-electron chi connectivity index (χ1n) is 6.61. The van der Waals surface area contributed by atoms with Crippen LogP contribution in [0.15, 0.2) is 5.16 Å². The van der Waals surface area contributed by atoms with Crippen molar-refractivity contribution < 1.29 is 10.0 Å². The third kappa shape index (κ3) is 3.78. The highest BCUT2D eigenvalue weighted by atomic mass is 16.4. The summed E-state index contributed by atoms with van der Waals surface area (Å²) in [6.45, 7) is 6.60. The fourth-order valence-corrected chi connectivity index (χ4v) is 2.15. The Morgan fingerprint density at radius 2 is 2.06 bits per heavy atom. The molecule has 1 fully saturated rings. The third-order valence-electron chi connectivity index (χ3n) is 3.39. The molecule has 0 saturated carbocycles. The summed E-state index contributed by atoms with van der Waals surface area (Å²) in [5.74, 6) is 0.0311. The van der Waals surface area contributed by atoms with Gasteiger partial charge in [-0.3, -0.25) is 0 Å². The minimum Gasteiger partial charge on any atom is -0.409 e. The van der Waals surface area contributed by atoms with Gasteiger partial charge in [-0.05, 0) is 26.2 Å². The zero-order valence-corrected chi connectivity index (χ0v) is 11.3. The van der Waals surface area contributed by atoms with E-state index in [1.165, 1.54) is 6.42 Å². The van der Waals surface area contributed by atoms with Crippen molar-refractivity contribution >= 4 is 11.9 Å². The number of oxime groups is 1. The van der Waals surface area contributed by atoms with E-state index in [0.717, 1.165) is 25.9 Å². The molecule has 0 aliphatic carbocycles. The van der Waals surface area contributed by atoms with Gasteiger partial charge in [0.2, 0.25) is 0 Å². The fraction of sp³-hybridized carbons (Fsp3) is 0.833. The van der Waals surface area contributed by atoms with Gasteiger partial charge in [-0.25, -0.2) is 4.79 Å². The molecule has 0 radical (unpaired) electrons. The Bertz CT molecular complexity index is 300. The molecular formula is C12H24N4O2. The zero-order chi connectivity index (χ0) is 13.5. The number of carbonyl (C=O) groups excluding carboxylic acids is 1. The van der Waals surface area contributed by atoms with Crippen LogP contribution in [0.25, 0.3) is 0 Å². The molecule has 1 unspecified atom stereocenters. The predicted octanol–water partition coefficient (Wildman–Crippen LogP) is 1.30. The minimum atomic E-state index is -0.135. The van der Waals surface area contributed by atoms with Gasteiger partial charge < -0.3 is 20.7 Å². The van der Waals surface area contributed by atoms with Gasteiger partial charge in [-0.15, -0.1) is 0 Å². The second kappa shape index (κ2) is 7.08. The summed E-state index contributed by atoms with van der Waals surface area (Å²) in [7, 11) is 0. The lowest BCUT2D eigenvalue weighted by Gasteiger charge is -2.33. The molecule has 1 saturated heterocycles. The van der Waals surface area contributed by atoms with Crippen molar-refractivity contribution in [2.75, 3.05) is 26.2 Å². The topological polar surface area (TPSA) is 82.2 Å². The van der Waals surface area contributed by atoms with E-state index in [2.05, 4.69) is 5.16 Å². The highest BCUT2D eigenvalue weighted by molar-refractivity contribution is 5.83. The first-order valence-corrected chi connectivity index (χ1v) is 6.61. The summed E-state index contributed by atoms with van der Waals surface area (Å²) in [5, 5.41) is 11.6. The minimum absolute atomic E-state index is 0.0646. The number of amidine groups is 1. The summed E-state index contributed by atoms with van der Waals surface area (Å²) < 4.78 is 0. The molecule has 0 bridgehead atoms. The zero-order valence-electron chi connectivity index (χ0n) is 11.3. The molecule has 104 valence electrons. The number of urea groups is 1. The highest BCUT2D eigenvalue weighted by Gasteiger charge is 2.23. The van der Waals surface area contributed by atoms with Crippen LogP contribution in [0.1, 0.15) is 33.1 Å². The Hall–Kier alpha value is -1.46. The molecule has 1 aliphatic rings. The van der Waals surface area contributed by atoms with Crippen molar-refractivity contribution in [1.29, 1.82) is 0 Å². The molecule has 6 nitrogen and oxygen atoms in total. The molecule has 1 rings (SSSR count). The highest BCUT2D eigenvalue weighted by Crippen LogP contribution is 2.12.